The number of ether oxygens (including phenoxy) is 2. The van der Waals surface area contributed by atoms with Gasteiger partial charge in [0.25, 0.3) is 5.91 Å². The Kier molecular flexibility index (Phi) is 7.84. The summed E-state index contributed by atoms with van der Waals surface area (Å²) >= 11 is 0. The molecule has 2 aliphatic heterocycles. The highest BCUT2D eigenvalue weighted by Crippen LogP contribution is 2.29. The zero-order valence-electron chi connectivity index (χ0n) is 22.9. The molecule has 0 saturated carbocycles. The minimum absolute atomic E-state index is 0.115. The second kappa shape index (κ2) is 11.8. The van der Waals surface area contributed by atoms with Gasteiger partial charge in [0.1, 0.15) is 23.5 Å². The maximum Gasteiger partial charge on any atom is 0.258 e. The minimum atomic E-state index is -0.616. The van der Waals surface area contributed by atoms with E-state index in [9.17, 15) is 13.6 Å². The van der Waals surface area contributed by atoms with Crippen LogP contribution < -0.4 is 15.4 Å². The second-order valence-corrected chi connectivity index (χ2v) is 10.9. The number of rotatable bonds is 8. The number of hydrogen-bond acceptors (Lipinski definition) is 6. The lowest BCUT2D eigenvalue weighted by atomic mass is 10.0. The van der Waals surface area contributed by atoms with Crippen LogP contribution in [-0.4, -0.2) is 66.5 Å². The third-order valence-electron chi connectivity index (χ3n) is 7.66. The van der Waals surface area contributed by atoms with Gasteiger partial charge in [-0.2, -0.15) is 5.10 Å². The Labute approximate surface area is 237 Å². The molecule has 0 aliphatic carbocycles. The molecular weight excluding hydrogens is 528 g/mol. The number of nitrogens with one attached hydrogen (secondary N) is 3. The van der Waals surface area contributed by atoms with Crippen molar-refractivity contribution >= 4 is 28.3 Å². The molecule has 214 valence electrons. The highest BCUT2D eigenvalue weighted by atomic mass is 19.1. The first kappa shape index (κ1) is 27.2. The van der Waals surface area contributed by atoms with E-state index in [4.69, 9.17) is 9.47 Å². The molecule has 2 aliphatic rings. The van der Waals surface area contributed by atoms with Gasteiger partial charge in [0, 0.05) is 49.9 Å². The lowest BCUT2D eigenvalue weighted by Crippen LogP contribution is -2.29. The standard InChI is InChI=1S/C31H33F2N5O3/c1-38-9-6-25(18-38)41-24-3-4-26(29(17-24)34-23-7-10-40-11-8-23)31(39)35-30-27-15-19(2-5-28(27)36-37-30)12-20-13-21(32)16-22(33)14-20/h2-5,13-17,23,25,34H,6-12,18H2,1H3,(H2,35,36,37,39). The van der Waals surface area contributed by atoms with Crippen LogP contribution >= 0.6 is 0 Å². The number of halogens is 2. The summed E-state index contributed by atoms with van der Waals surface area (Å²) in [5, 5.41) is 14.5. The van der Waals surface area contributed by atoms with E-state index in [0.717, 1.165) is 55.2 Å². The molecule has 4 aromatic rings. The van der Waals surface area contributed by atoms with Crippen LogP contribution in [0.4, 0.5) is 20.3 Å². The van der Waals surface area contributed by atoms with Crippen LogP contribution in [0.15, 0.2) is 54.6 Å². The summed E-state index contributed by atoms with van der Waals surface area (Å²) in [6.07, 6.45) is 3.11. The maximum absolute atomic E-state index is 13.7. The van der Waals surface area contributed by atoms with Crippen molar-refractivity contribution in [2.45, 2.75) is 37.8 Å². The average Bonchev–Trinajstić information content (AvgIpc) is 3.54. The van der Waals surface area contributed by atoms with Crippen molar-refractivity contribution in [3.63, 3.8) is 0 Å². The first-order chi connectivity index (χ1) is 19.9. The lowest BCUT2D eigenvalue weighted by Gasteiger charge is -2.26. The van der Waals surface area contributed by atoms with Crippen LogP contribution in [-0.2, 0) is 11.2 Å². The molecule has 41 heavy (non-hydrogen) atoms. The summed E-state index contributed by atoms with van der Waals surface area (Å²) < 4.78 is 39.2. The van der Waals surface area contributed by atoms with E-state index in [1.54, 1.807) is 6.07 Å². The fraction of sp³-hybridized carbons (Fsp3) is 0.355. The summed E-state index contributed by atoms with van der Waals surface area (Å²) in [6, 6.07) is 14.8. The summed E-state index contributed by atoms with van der Waals surface area (Å²) in [5.41, 5.74) is 3.27. The molecule has 2 saturated heterocycles. The molecule has 8 nitrogen and oxygen atoms in total. The van der Waals surface area contributed by atoms with Crippen molar-refractivity contribution in [1.29, 1.82) is 0 Å². The summed E-state index contributed by atoms with van der Waals surface area (Å²) in [4.78, 5) is 15.8. The molecule has 0 bridgehead atoms. The maximum atomic E-state index is 13.7. The number of H-pyrrole nitrogens is 1. The normalized spacial score (nSPS) is 18.1. The SMILES string of the molecule is CN1CCC(Oc2ccc(C(=O)Nc3n[nH]c4ccc(Cc5cc(F)cc(F)c5)cc34)c(NC3CCOCC3)c2)C1. The molecular formula is C31H33F2N5O3. The van der Waals surface area contributed by atoms with Crippen LogP contribution in [0, 0.1) is 11.6 Å². The van der Waals surface area contributed by atoms with E-state index in [1.807, 2.05) is 30.3 Å². The van der Waals surface area contributed by atoms with Crippen molar-refractivity contribution in [1.82, 2.24) is 15.1 Å². The number of nitrogens with zero attached hydrogens (tertiary/aromatic N) is 2. The fourth-order valence-corrected chi connectivity index (χ4v) is 5.55. The number of aromatic nitrogens is 2. The van der Waals surface area contributed by atoms with Gasteiger partial charge >= 0.3 is 0 Å². The smallest absolute Gasteiger partial charge is 0.258 e. The molecule has 6 rings (SSSR count). The summed E-state index contributed by atoms with van der Waals surface area (Å²) in [6.45, 7) is 3.21. The number of fused-ring (bicyclic) bond motifs is 1. The molecule has 1 aromatic heterocycles. The Balaban J connectivity index is 1.24. The van der Waals surface area contributed by atoms with Gasteiger partial charge in [0.05, 0.1) is 16.8 Å². The predicted octanol–water partition coefficient (Wildman–Crippen LogP) is 5.36. The molecule has 3 N–H and O–H groups in total. The number of benzene rings is 3. The molecule has 3 heterocycles. The van der Waals surface area contributed by atoms with Crippen molar-refractivity contribution in [3.8, 4) is 5.75 Å². The van der Waals surface area contributed by atoms with Crippen molar-refractivity contribution in [3.05, 3.63) is 82.9 Å². The fourth-order valence-electron chi connectivity index (χ4n) is 5.55. The highest BCUT2D eigenvalue weighted by Gasteiger charge is 2.23. The second-order valence-electron chi connectivity index (χ2n) is 10.9. The van der Waals surface area contributed by atoms with Crippen LogP contribution in [0.2, 0.25) is 0 Å². The predicted molar refractivity (Wildman–Crippen MR) is 154 cm³/mol. The molecule has 0 radical (unpaired) electrons. The van der Waals surface area contributed by atoms with Gasteiger partial charge in [-0.15, -0.1) is 0 Å². The van der Waals surface area contributed by atoms with E-state index in [2.05, 4.69) is 32.8 Å². The first-order valence-corrected chi connectivity index (χ1v) is 14.0. The van der Waals surface area contributed by atoms with Gasteiger partial charge in [-0.05, 0) is 80.3 Å². The van der Waals surface area contributed by atoms with Gasteiger partial charge in [0.15, 0.2) is 5.82 Å². The van der Waals surface area contributed by atoms with E-state index < -0.39 is 11.6 Å². The van der Waals surface area contributed by atoms with Gasteiger partial charge in [-0.1, -0.05) is 6.07 Å². The third kappa shape index (κ3) is 6.49. The number of likely N-dealkylation sites (N-methyl/N-ethyl adjacent to an activating group) is 1. The number of hydrogen-bond donors (Lipinski definition) is 3. The Bertz CT molecular complexity index is 1530. The Morgan fingerprint density at radius 2 is 1.85 bits per heavy atom. The summed E-state index contributed by atoms with van der Waals surface area (Å²) in [7, 11) is 2.08. The summed E-state index contributed by atoms with van der Waals surface area (Å²) in [5.74, 6) is -0.439. The number of carbonyl (C=O) groups is 1. The minimum Gasteiger partial charge on any atom is -0.489 e. The van der Waals surface area contributed by atoms with Crippen LogP contribution in [0.5, 0.6) is 5.75 Å². The zero-order valence-corrected chi connectivity index (χ0v) is 22.9. The van der Waals surface area contributed by atoms with E-state index in [1.165, 1.54) is 12.1 Å². The van der Waals surface area contributed by atoms with E-state index in [0.29, 0.717) is 47.7 Å². The van der Waals surface area contributed by atoms with Crippen molar-refractivity contribution in [2.24, 2.45) is 0 Å². The van der Waals surface area contributed by atoms with E-state index >= 15 is 0 Å². The first-order valence-electron chi connectivity index (χ1n) is 14.0. The number of likely N-dealkylation sites (tertiary alicyclic amines) is 1. The van der Waals surface area contributed by atoms with E-state index in [-0.39, 0.29) is 18.1 Å². The zero-order chi connectivity index (χ0) is 28.3. The topological polar surface area (TPSA) is 91.5 Å². The molecule has 1 unspecified atom stereocenters. The number of anilines is 2. The van der Waals surface area contributed by atoms with Gasteiger partial charge in [-0.25, -0.2) is 8.78 Å². The van der Waals surface area contributed by atoms with Crippen LogP contribution in [0.3, 0.4) is 0 Å². The number of amides is 1. The number of aromatic amines is 1. The van der Waals surface area contributed by atoms with Gasteiger partial charge in [0.2, 0.25) is 0 Å². The molecule has 0 spiro atoms. The highest BCUT2D eigenvalue weighted by molar-refractivity contribution is 6.11. The van der Waals surface area contributed by atoms with Crippen LogP contribution in [0.25, 0.3) is 10.9 Å². The Morgan fingerprint density at radius 3 is 2.61 bits per heavy atom. The lowest BCUT2D eigenvalue weighted by molar-refractivity contribution is 0.0904. The van der Waals surface area contributed by atoms with Gasteiger partial charge < -0.3 is 25.0 Å². The Morgan fingerprint density at radius 1 is 1.05 bits per heavy atom. The largest absolute Gasteiger partial charge is 0.489 e. The Hall–Kier alpha value is -4.02. The van der Waals surface area contributed by atoms with Gasteiger partial charge in [-0.3, -0.25) is 9.89 Å². The van der Waals surface area contributed by atoms with Crippen LogP contribution in [0.1, 0.15) is 40.7 Å². The average molecular weight is 562 g/mol. The molecule has 3 aromatic carbocycles. The quantitative estimate of drug-likeness (QED) is 0.268. The van der Waals surface area contributed by atoms with Crippen molar-refractivity contribution in [2.75, 3.05) is 44.0 Å². The molecule has 2 fully saturated rings. The molecule has 1 amide bonds. The molecule has 10 heteroatoms. The van der Waals surface area contributed by atoms with Crippen molar-refractivity contribution < 1.29 is 23.0 Å². The number of carbonyl (C=O) groups excluding carboxylic acids is 1. The third-order valence-corrected chi connectivity index (χ3v) is 7.66. The monoisotopic (exact) mass is 561 g/mol. The molecule has 1 atom stereocenters.